The average molecular weight is 243 g/mol. The lowest BCUT2D eigenvalue weighted by molar-refractivity contribution is 0.224. The van der Waals surface area contributed by atoms with Gasteiger partial charge in [-0.1, -0.05) is 49.4 Å². The summed E-state index contributed by atoms with van der Waals surface area (Å²) >= 11 is 0. The van der Waals surface area contributed by atoms with Gasteiger partial charge in [0.05, 0.1) is 0 Å². The van der Waals surface area contributed by atoms with Crippen LogP contribution in [0.5, 0.6) is 0 Å². The van der Waals surface area contributed by atoms with E-state index in [9.17, 15) is 5.11 Å². The van der Waals surface area contributed by atoms with Gasteiger partial charge in [0.1, 0.15) is 0 Å². The van der Waals surface area contributed by atoms with Crippen molar-refractivity contribution in [3.63, 3.8) is 0 Å². The van der Waals surface area contributed by atoms with Gasteiger partial charge in [-0.05, 0) is 36.2 Å². The zero-order chi connectivity index (χ0) is 13.0. The predicted molar refractivity (Wildman–Crippen MR) is 76.7 cm³/mol. The van der Waals surface area contributed by atoms with E-state index >= 15 is 0 Å². The highest BCUT2D eigenvalue weighted by atomic mass is 16.3. The van der Waals surface area contributed by atoms with Crippen molar-refractivity contribution >= 4 is 10.8 Å². The molecule has 0 spiro atoms. The second-order valence-electron chi connectivity index (χ2n) is 4.86. The topological polar surface area (TPSA) is 32.3 Å². The number of aliphatic hydroxyl groups excluding tert-OH is 1. The number of aliphatic hydroxyl groups is 1. The van der Waals surface area contributed by atoms with E-state index in [1.807, 2.05) is 0 Å². The van der Waals surface area contributed by atoms with Gasteiger partial charge in [0.15, 0.2) is 0 Å². The molecule has 96 valence electrons. The van der Waals surface area contributed by atoms with Gasteiger partial charge >= 0.3 is 0 Å². The predicted octanol–water partition coefficient (Wildman–Crippen LogP) is 3.05. The van der Waals surface area contributed by atoms with Crippen LogP contribution in [0.25, 0.3) is 10.8 Å². The molecule has 2 N–H and O–H groups in total. The molecule has 2 aromatic carbocycles. The van der Waals surface area contributed by atoms with E-state index < -0.39 is 0 Å². The molecular weight excluding hydrogens is 222 g/mol. The van der Waals surface area contributed by atoms with Crippen molar-refractivity contribution in [3.05, 3.63) is 48.0 Å². The third-order valence-corrected chi connectivity index (χ3v) is 3.56. The summed E-state index contributed by atoms with van der Waals surface area (Å²) in [6.07, 6.45) is 0.717. The molecule has 0 bridgehead atoms. The molecule has 0 radical (unpaired) electrons. The van der Waals surface area contributed by atoms with E-state index in [1.54, 1.807) is 0 Å². The normalized spacial score (nSPS) is 14.6. The zero-order valence-electron chi connectivity index (χ0n) is 11.1. The smallest absolute Gasteiger partial charge is 0.0451 e. The Kier molecular flexibility index (Phi) is 4.00. The summed E-state index contributed by atoms with van der Waals surface area (Å²) in [5, 5.41) is 15.3. The SMILES string of the molecule is CCNC(C)(CCO)c1cccc2ccccc12. The highest BCUT2D eigenvalue weighted by Gasteiger charge is 2.26. The molecule has 0 amide bonds. The zero-order valence-corrected chi connectivity index (χ0v) is 11.1. The standard InChI is InChI=1S/C16H21NO/c1-3-17-16(2,11-12-18)15-10-6-8-13-7-4-5-9-14(13)15/h4-10,17-18H,3,11-12H2,1-2H3. The molecule has 0 aliphatic carbocycles. The third kappa shape index (κ3) is 2.40. The van der Waals surface area contributed by atoms with Gasteiger partial charge < -0.3 is 10.4 Å². The van der Waals surface area contributed by atoms with Gasteiger partial charge in [0, 0.05) is 12.1 Å². The van der Waals surface area contributed by atoms with Gasteiger partial charge in [-0.2, -0.15) is 0 Å². The van der Waals surface area contributed by atoms with Crippen LogP contribution in [-0.4, -0.2) is 18.3 Å². The first-order valence-electron chi connectivity index (χ1n) is 6.55. The monoisotopic (exact) mass is 243 g/mol. The summed E-state index contributed by atoms with van der Waals surface area (Å²) in [7, 11) is 0. The molecule has 0 fully saturated rings. The van der Waals surface area contributed by atoms with Crippen LogP contribution < -0.4 is 5.32 Å². The second kappa shape index (κ2) is 5.51. The van der Waals surface area contributed by atoms with E-state index in [2.05, 4.69) is 61.6 Å². The Hall–Kier alpha value is -1.38. The number of nitrogens with one attached hydrogen (secondary N) is 1. The van der Waals surface area contributed by atoms with Crippen molar-refractivity contribution in [1.82, 2.24) is 5.32 Å². The minimum Gasteiger partial charge on any atom is -0.396 e. The van der Waals surface area contributed by atoms with Crippen LogP contribution >= 0.6 is 0 Å². The quantitative estimate of drug-likeness (QED) is 0.846. The van der Waals surface area contributed by atoms with Crippen LogP contribution in [-0.2, 0) is 5.54 Å². The summed E-state index contributed by atoms with van der Waals surface area (Å²) < 4.78 is 0. The Morgan fingerprint density at radius 3 is 2.56 bits per heavy atom. The summed E-state index contributed by atoms with van der Waals surface area (Å²) in [4.78, 5) is 0. The minimum atomic E-state index is -0.176. The van der Waals surface area contributed by atoms with Crippen LogP contribution in [0.15, 0.2) is 42.5 Å². The molecular formula is C16H21NO. The summed E-state index contributed by atoms with van der Waals surface area (Å²) in [6.45, 7) is 5.34. The summed E-state index contributed by atoms with van der Waals surface area (Å²) in [5.74, 6) is 0. The van der Waals surface area contributed by atoms with Crippen LogP contribution in [0.1, 0.15) is 25.8 Å². The van der Waals surface area contributed by atoms with Crippen molar-refractivity contribution in [2.24, 2.45) is 0 Å². The Morgan fingerprint density at radius 1 is 1.11 bits per heavy atom. The molecule has 2 aromatic rings. The Morgan fingerprint density at radius 2 is 1.83 bits per heavy atom. The average Bonchev–Trinajstić information content (AvgIpc) is 2.38. The fourth-order valence-corrected chi connectivity index (χ4v) is 2.64. The van der Waals surface area contributed by atoms with E-state index in [0.717, 1.165) is 13.0 Å². The molecule has 2 heteroatoms. The van der Waals surface area contributed by atoms with E-state index in [4.69, 9.17) is 0 Å². The van der Waals surface area contributed by atoms with Gasteiger partial charge in [-0.3, -0.25) is 0 Å². The van der Waals surface area contributed by atoms with Crippen molar-refractivity contribution in [2.45, 2.75) is 25.8 Å². The molecule has 0 saturated heterocycles. The van der Waals surface area contributed by atoms with Crippen LogP contribution in [0, 0.1) is 0 Å². The first kappa shape index (κ1) is 13.1. The summed E-state index contributed by atoms with van der Waals surface area (Å²) in [5.41, 5.74) is 1.08. The number of hydrogen-bond donors (Lipinski definition) is 2. The largest absolute Gasteiger partial charge is 0.396 e. The molecule has 0 saturated carbocycles. The van der Waals surface area contributed by atoms with Crippen molar-refractivity contribution in [3.8, 4) is 0 Å². The maximum atomic E-state index is 9.32. The lowest BCUT2D eigenvalue weighted by Gasteiger charge is -2.32. The summed E-state index contributed by atoms with van der Waals surface area (Å²) in [6, 6.07) is 14.8. The Bertz CT molecular complexity index is 510. The lowest BCUT2D eigenvalue weighted by atomic mass is 9.85. The van der Waals surface area contributed by atoms with Gasteiger partial charge in [-0.25, -0.2) is 0 Å². The van der Waals surface area contributed by atoms with Gasteiger partial charge in [0.2, 0.25) is 0 Å². The molecule has 18 heavy (non-hydrogen) atoms. The Balaban J connectivity index is 2.56. The first-order valence-corrected chi connectivity index (χ1v) is 6.55. The van der Waals surface area contributed by atoms with E-state index in [1.165, 1.54) is 16.3 Å². The molecule has 0 aromatic heterocycles. The van der Waals surface area contributed by atoms with E-state index in [0.29, 0.717) is 0 Å². The van der Waals surface area contributed by atoms with Crippen molar-refractivity contribution in [2.75, 3.05) is 13.2 Å². The molecule has 2 rings (SSSR count). The number of rotatable bonds is 5. The van der Waals surface area contributed by atoms with Crippen LogP contribution in [0.4, 0.5) is 0 Å². The first-order chi connectivity index (χ1) is 8.71. The van der Waals surface area contributed by atoms with Gasteiger partial charge in [0.25, 0.3) is 0 Å². The molecule has 1 atom stereocenters. The highest BCUT2D eigenvalue weighted by molar-refractivity contribution is 5.86. The highest BCUT2D eigenvalue weighted by Crippen LogP contribution is 2.30. The van der Waals surface area contributed by atoms with Crippen molar-refractivity contribution < 1.29 is 5.11 Å². The second-order valence-corrected chi connectivity index (χ2v) is 4.86. The molecule has 0 aliphatic rings. The van der Waals surface area contributed by atoms with Crippen LogP contribution in [0.3, 0.4) is 0 Å². The van der Waals surface area contributed by atoms with E-state index in [-0.39, 0.29) is 12.1 Å². The van der Waals surface area contributed by atoms with Gasteiger partial charge in [-0.15, -0.1) is 0 Å². The molecule has 0 heterocycles. The fraction of sp³-hybridized carbons (Fsp3) is 0.375. The fourth-order valence-electron chi connectivity index (χ4n) is 2.64. The minimum absolute atomic E-state index is 0.176. The maximum absolute atomic E-state index is 9.32. The van der Waals surface area contributed by atoms with Crippen molar-refractivity contribution in [1.29, 1.82) is 0 Å². The number of hydrogen-bond acceptors (Lipinski definition) is 2. The third-order valence-electron chi connectivity index (χ3n) is 3.56. The number of fused-ring (bicyclic) bond motifs is 1. The van der Waals surface area contributed by atoms with Crippen LogP contribution in [0.2, 0.25) is 0 Å². The Labute approximate surface area is 109 Å². The molecule has 2 nitrogen and oxygen atoms in total. The number of benzene rings is 2. The maximum Gasteiger partial charge on any atom is 0.0451 e. The lowest BCUT2D eigenvalue weighted by Crippen LogP contribution is -2.40. The molecule has 1 unspecified atom stereocenters. The molecule has 0 aliphatic heterocycles.